The van der Waals surface area contributed by atoms with Crippen molar-refractivity contribution in [1.82, 2.24) is 20.9 Å². The molecule has 0 aromatic heterocycles. The number of hydrogen-bond acceptors (Lipinski definition) is 9. The van der Waals surface area contributed by atoms with Gasteiger partial charge < -0.3 is 35.0 Å². The molecule has 4 rings (SSSR count). The lowest BCUT2D eigenvalue weighted by Crippen LogP contribution is -2.57. The Morgan fingerprint density at radius 1 is 1.05 bits per heavy atom. The van der Waals surface area contributed by atoms with Gasteiger partial charge in [-0.25, -0.2) is 0 Å². The van der Waals surface area contributed by atoms with Crippen LogP contribution in [0.2, 0.25) is 0 Å². The third-order valence-corrected chi connectivity index (χ3v) is 8.51. The maximum absolute atomic E-state index is 13.8. The summed E-state index contributed by atoms with van der Waals surface area (Å²) >= 11 is 0. The average Bonchev–Trinajstić information content (AvgIpc) is 3.79. The first-order valence-electron chi connectivity index (χ1n) is 15.3. The monoisotopic (exact) mass is 598 g/mol. The molecule has 11 nitrogen and oxygen atoms in total. The van der Waals surface area contributed by atoms with Crippen molar-refractivity contribution in [3.05, 3.63) is 41.5 Å². The molecule has 1 aromatic rings. The summed E-state index contributed by atoms with van der Waals surface area (Å²) in [5.74, 6) is -0.286. The molecule has 0 radical (unpaired) electrons. The van der Waals surface area contributed by atoms with Crippen molar-refractivity contribution in [2.24, 2.45) is 0 Å². The van der Waals surface area contributed by atoms with E-state index in [0.29, 0.717) is 45.1 Å². The van der Waals surface area contributed by atoms with E-state index in [4.69, 9.17) is 14.2 Å². The summed E-state index contributed by atoms with van der Waals surface area (Å²) in [6.45, 7) is 6.50. The van der Waals surface area contributed by atoms with Crippen LogP contribution in [0.4, 0.5) is 0 Å². The van der Waals surface area contributed by atoms with Crippen molar-refractivity contribution in [3.63, 3.8) is 0 Å². The van der Waals surface area contributed by atoms with E-state index < -0.39 is 29.6 Å². The van der Waals surface area contributed by atoms with Crippen LogP contribution in [-0.2, 0) is 35.1 Å². The average molecular weight is 599 g/mol. The second-order valence-electron chi connectivity index (χ2n) is 11.9. The summed E-state index contributed by atoms with van der Waals surface area (Å²) in [5.41, 5.74) is 1.09. The predicted octanol–water partition coefficient (Wildman–Crippen LogP) is 1.33. The fraction of sp³-hybridized carbons (Fsp3) is 0.625. The molecule has 2 heterocycles. The lowest BCUT2D eigenvalue weighted by Gasteiger charge is -2.32. The Kier molecular flexibility index (Phi) is 11.9. The van der Waals surface area contributed by atoms with Gasteiger partial charge in [-0.1, -0.05) is 23.8 Å². The number of aldehydes is 1. The number of hydrogen-bond donors (Lipinski definition) is 3. The second kappa shape index (κ2) is 15.6. The zero-order valence-corrected chi connectivity index (χ0v) is 25.6. The number of amides is 2. The van der Waals surface area contributed by atoms with Crippen molar-refractivity contribution >= 4 is 23.9 Å². The third-order valence-electron chi connectivity index (χ3n) is 8.51. The van der Waals surface area contributed by atoms with Gasteiger partial charge in [-0.15, -0.1) is 0 Å². The van der Waals surface area contributed by atoms with Gasteiger partial charge in [-0.3, -0.25) is 19.3 Å². The third kappa shape index (κ3) is 9.43. The Hall–Kier alpha value is -3.12. The zero-order chi connectivity index (χ0) is 30.8. The highest BCUT2D eigenvalue weighted by molar-refractivity contribution is 5.98. The number of methoxy groups -OCH3 is 1. The maximum Gasteiger partial charge on any atom is 0.243 e. The molecule has 2 saturated heterocycles. The molecule has 236 valence electrons. The van der Waals surface area contributed by atoms with Crippen LogP contribution in [0.3, 0.4) is 0 Å². The van der Waals surface area contributed by atoms with E-state index in [0.717, 1.165) is 43.1 Å². The number of allylic oxidation sites excluding steroid dienone is 1. The lowest BCUT2D eigenvalue weighted by molar-refractivity contribution is -0.133. The van der Waals surface area contributed by atoms with Crippen molar-refractivity contribution in [2.75, 3.05) is 46.6 Å². The van der Waals surface area contributed by atoms with Crippen LogP contribution >= 0.6 is 0 Å². The van der Waals surface area contributed by atoms with E-state index in [-0.39, 0.29) is 30.7 Å². The Bertz CT molecular complexity index is 1140. The molecule has 2 amide bonds. The van der Waals surface area contributed by atoms with Crippen LogP contribution in [-0.4, -0.2) is 105 Å². The van der Waals surface area contributed by atoms with Crippen LogP contribution in [0.5, 0.6) is 5.75 Å². The molecule has 5 atom stereocenters. The first-order chi connectivity index (χ1) is 20.7. The highest BCUT2D eigenvalue weighted by Gasteiger charge is 2.50. The minimum absolute atomic E-state index is 0.153. The van der Waals surface area contributed by atoms with E-state index in [1.165, 1.54) is 0 Å². The summed E-state index contributed by atoms with van der Waals surface area (Å²) in [6.07, 6.45) is 7.75. The zero-order valence-electron chi connectivity index (χ0n) is 25.6. The Balaban J connectivity index is 1.45. The standard InChI is InChI=1S/C32H46N4O7/c1-22(33-19-25(20-37)36-13-15-42-16-14-36)30(39)35-28(18-24-9-11-26(41-3)12-10-24)31(40)34-27(29(38)32(2)21-43-32)17-23-7-5-4-6-8-23/h7,9-12,20,22,25,27-28,33H,4-6,8,13-19,21H2,1-3H3,(H,34,40)(H,35,39). The summed E-state index contributed by atoms with van der Waals surface area (Å²) in [6, 6.07) is 4.55. The molecular formula is C32H46N4O7. The Morgan fingerprint density at radius 2 is 1.74 bits per heavy atom. The van der Waals surface area contributed by atoms with Crippen LogP contribution in [0.1, 0.15) is 51.5 Å². The summed E-state index contributed by atoms with van der Waals surface area (Å²) in [5, 5.41) is 9.00. The van der Waals surface area contributed by atoms with Gasteiger partial charge in [0.05, 0.1) is 45.1 Å². The predicted molar refractivity (Wildman–Crippen MR) is 161 cm³/mol. The highest BCUT2D eigenvalue weighted by Crippen LogP contribution is 2.31. The van der Waals surface area contributed by atoms with Crippen LogP contribution in [0.25, 0.3) is 0 Å². The molecule has 0 saturated carbocycles. The highest BCUT2D eigenvalue weighted by atomic mass is 16.6. The molecule has 0 bridgehead atoms. The van der Waals surface area contributed by atoms with Gasteiger partial charge in [0.25, 0.3) is 0 Å². The fourth-order valence-electron chi connectivity index (χ4n) is 5.52. The largest absolute Gasteiger partial charge is 0.497 e. The lowest BCUT2D eigenvalue weighted by atomic mass is 9.89. The van der Waals surface area contributed by atoms with Crippen LogP contribution in [0, 0.1) is 0 Å². The normalized spacial score (nSPS) is 23.2. The first kappa shape index (κ1) is 32.8. The van der Waals surface area contributed by atoms with Gasteiger partial charge in [-0.05, 0) is 63.6 Å². The summed E-state index contributed by atoms with van der Waals surface area (Å²) < 4.78 is 16.1. The van der Waals surface area contributed by atoms with Gasteiger partial charge in [0.1, 0.15) is 23.7 Å². The molecule has 2 aliphatic heterocycles. The molecule has 3 aliphatic rings. The fourth-order valence-corrected chi connectivity index (χ4v) is 5.52. The number of morpholine rings is 1. The Morgan fingerprint density at radius 3 is 2.35 bits per heavy atom. The smallest absolute Gasteiger partial charge is 0.243 e. The maximum atomic E-state index is 13.8. The van der Waals surface area contributed by atoms with Gasteiger partial charge in [0.15, 0.2) is 5.78 Å². The molecule has 2 fully saturated rings. The molecule has 1 aromatic carbocycles. The van der Waals surface area contributed by atoms with Gasteiger partial charge in [0, 0.05) is 26.1 Å². The molecule has 1 aliphatic carbocycles. The summed E-state index contributed by atoms with van der Waals surface area (Å²) in [7, 11) is 1.58. The number of ketones is 1. The van der Waals surface area contributed by atoms with E-state index in [1.807, 2.05) is 17.0 Å². The van der Waals surface area contributed by atoms with Crippen molar-refractivity contribution < 1.29 is 33.4 Å². The molecule has 43 heavy (non-hydrogen) atoms. The van der Waals surface area contributed by atoms with Gasteiger partial charge in [-0.2, -0.15) is 0 Å². The number of epoxide rings is 1. The van der Waals surface area contributed by atoms with Crippen LogP contribution < -0.4 is 20.7 Å². The number of benzene rings is 1. The SMILES string of the molecule is COc1ccc(CC(NC(=O)C(C)NCC(C=O)N2CCOCC2)C(=O)NC(CC2=CCCCC2)C(=O)C2(C)CO2)cc1. The molecular weight excluding hydrogens is 552 g/mol. The van der Waals surface area contributed by atoms with Crippen LogP contribution in [0.15, 0.2) is 35.9 Å². The van der Waals surface area contributed by atoms with Gasteiger partial charge in [0.2, 0.25) is 11.8 Å². The number of nitrogens with one attached hydrogen (secondary N) is 3. The van der Waals surface area contributed by atoms with E-state index >= 15 is 0 Å². The molecule has 5 unspecified atom stereocenters. The van der Waals surface area contributed by atoms with E-state index in [1.54, 1.807) is 33.1 Å². The topological polar surface area (TPSA) is 139 Å². The van der Waals surface area contributed by atoms with E-state index in [2.05, 4.69) is 22.0 Å². The number of Topliss-reactive ketones (excluding diaryl/α,β-unsaturated/α-hetero) is 1. The number of nitrogens with zero attached hydrogens (tertiary/aromatic N) is 1. The molecule has 0 spiro atoms. The number of rotatable bonds is 16. The minimum Gasteiger partial charge on any atom is -0.497 e. The van der Waals surface area contributed by atoms with E-state index in [9.17, 15) is 19.2 Å². The van der Waals surface area contributed by atoms with Crippen molar-refractivity contribution in [1.29, 1.82) is 0 Å². The quantitative estimate of drug-likeness (QED) is 0.146. The molecule has 11 heteroatoms. The van der Waals surface area contributed by atoms with Crippen molar-refractivity contribution in [3.8, 4) is 5.75 Å². The number of carbonyl (C=O) groups excluding carboxylic acids is 4. The first-order valence-corrected chi connectivity index (χ1v) is 15.3. The Labute approximate surface area is 254 Å². The van der Waals surface area contributed by atoms with Crippen molar-refractivity contribution in [2.45, 2.75) is 82.1 Å². The summed E-state index contributed by atoms with van der Waals surface area (Å²) in [4.78, 5) is 54.3. The number of carbonyl (C=O) groups is 4. The molecule has 3 N–H and O–H groups in total. The minimum atomic E-state index is -0.935. The van der Waals surface area contributed by atoms with Gasteiger partial charge >= 0.3 is 0 Å². The number of ether oxygens (including phenoxy) is 3. The second-order valence-corrected chi connectivity index (χ2v) is 11.9.